The van der Waals surface area contributed by atoms with Crippen LogP contribution in [0.25, 0.3) is 0 Å². The summed E-state index contributed by atoms with van der Waals surface area (Å²) in [5.41, 5.74) is 2.57. The molecule has 3 heterocycles. The smallest absolute Gasteiger partial charge is 0.228 e. The molecule has 0 saturated carbocycles. The zero-order valence-electron chi connectivity index (χ0n) is 19.8. The highest BCUT2D eigenvalue weighted by Gasteiger charge is 2.27. The quantitative estimate of drug-likeness (QED) is 0.616. The fourth-order valence-corrected chi connectivity index (χ4v) is 4.02. The van der Waals surface area contributed by atoms with E-state index in [-0.39, 0.29) is 17.2 Å². The number of carbonyl (C=O) groups excluding carboxylic acids is 1. The molecule has 1 aliphatic heterocycles. The minimum Gasteiger partial charge on any atom is -0.481 e. The maximum atomic E-state index is 12.9. The number of benzene rings is 1. The van der Waals surface area contributed by atoms with Gasteiger partial charge in [-0.25, -0.2) is 9.67 Å². The van der Waals surface area contributed by atoms with Gasteiger partial charge in [-0.05, 0) is 29.4 Å². The molecule has 2 aromatic heterocycles. The first-order valence-corrected chi connectivity index (χ1v) is 11.4. The van der Waals surface area contributed by atoms with Crippen LogP contribution in [0.4, 0.5) is 11.8 Å². The van der Waals surface area contributed by atoms with Gasteiger partial charge in [0.25, 0.3) is 0 Å². The molecule has 1 saturated heterocycles. The van der Waals surface area contributed by atoms with Crippen LogP contribution >= 0.6 is 0 Å². The number of hydrogen-bond acceptors (Lipinski definition) is 6. The van der Waals surface area contributed by atoms with Gasteiger partial charge < -0.3 is 15.0 Å². The van der Waals surface area contributed by atoms with Crippen molar-refractivity contribution in [2.24, 2.45) is 5.92 Å². The third-order valence-corrected chi connectivity index (χ3v) is 6.10. The molecule has 1 amide bonds. The summed E-state index contributed by atoms with van der Waals surface area (Å²) < 4.78 is 7.02. The van der Waals surface area contributed by atoms with Crippen molar-refractivity contribution < 1.29 is 9.53 Å². The Morgan fingerprint density at radius 2 is 1.82 bits per heavy atom. The van der Waals surface area contributed by atoms with E-state index in [2.05, 4.69) is 70.3 Å². The normalized spacial score (nSPS) is 14.8. The van der Waals surface area contributed by atoms with Gasteiger partial charge in [-0.1, -0.05) is 45.0 Å². The molecule has 1 fully saturated rings. The summed E-state index contributed by atoms with van der Waals surface area (Å²) in [5, 5.41) is 7.49. The molecule has 1 N–H and O–H groups in total. The van der Waals surface area contributed by atoms with Gasteiger partial charge in [0.05, 0.1) is 19.9 Å². The maximum Gasteiger partial charge on any atom is 0.228 e. The molecule has 3 aromatic rings. The largest absolute Gasteiger partial charge is 0.481 e. The summed E-state index contributed by atoms with van der Waals surface area (Å²) in [6.45, 7) is 8.68. The fraction of sp³-hybridized carbons (Fsp3) is 0.440. The zero-order valence-corrected chi connectivity index (χ0v) is 19.8. The van der Waals surface area contributed by atoms with Gasteiger partial charge in [-0.2, -0.15) is 10.1 Å². The number of rotatable bonds is 6. The first-order valence-electron chi connectivity index (χ1n) is 11.4. The van der Waals surface area contributed by atoms with E-state index in [4.69, 9.17) is 4.74 Å². The van der Waals surface area contributed by atoms with Crippen LogP contribution < -0.4 is 15.0 Å². The number of hydrogen-bond donors (Lipinski definition) is 1. The first kappa shape index (κ1) is 22.8. The third kappa shape index (κ3) is 5.50. The Bertz CT molecular complexity index is 1080. The van der Waals surface area contributed by atoms with Crippen molar-refractivity contribution in [3.8, 4) is 5.88 Å². The molecule has 0 aliphatic carbocycles. The van der Waals surface area contributed by atoms with Crippen molar-refractivity contribution in [3.05, 3.63) is 59.9 Å². The molecule has 0 radical (unpaired) electrons. The van der Waals surface area contributed by atoms with Crippen molar-refractivity contribution in [1.29, 1.82) is 0 Å². The molecule has 0 atom stereocenters. The van der Waals surface area contributed by atoms with Crippen molar-refractivity contribution >= 4 is 17.7 Å². The average Bonchev–Trinajstić information content (AvgIpc) is 3.25. The van der Waals surface area contributed by atoms with Gasteiger partial charge in [-0.3, -0.25) is 4.79 Å². The lowest BCUT2D eigenvalue weighted by atomic mass is 9.87. The molecule has 1 aromatic carbocycles. The van der Waals surface area contributed by atoms with Gasteiger partial charge >= 0.3 is 0 Å². The summed E-state index contributed by atoms with van der Waals surface area (Å²) in [6.07, 6.45) is 4.91. The molecular weight excluding hydrogens is 416 g/mol. The van der Waals surface area contributed by atoms with E-state index in [1.54, 1.807) is 25.6 Å². The molecule has 8 heteroatoms. The van der Waals surface area contributed by atoms with E-state index in [1.165, 1.54) is 5.56 Å². The standard InChI is InChI=1S/C25H32N6O2/c1-25(2,3)20-7-5-18(6-8-20)17-31-21(9-14-27-31)28-23(32)19-11-15-30(16-12-19)24-26-13-10-22(29-24)33-4/h5-10,13-14,19H,11-12,15-17H2,1-4H3,(H,28,32). The Hall–Kier alpha value is -3.42. The number of nitrogens with one attached hydrogen (secondary N) is 1. The number of ether oxygens (including phenoxy) is 1. The van der Waals surface area contributed by atoms with Crippen LogP contribution in [0.15, 0.2) is 48.8 Å². The van der Waals surface area contributed by atoms with E-state index >= 15 is 0 Å². The van der Waals surface area contributed by atoms with Gasteiger partial charge in [0.2, 0.25) is 17.7 Å². The van der Waals surface area contributed by atoms with Crippen molar-refractivity contribution in [2.75, 3.05) is 30.4 Å². The van der Waals surface area contributed by atoms with Crippen LogP contribution in [-0.2, 0) is 16.8 Å². The molecule has 174 valence electrons. The topological polar surface area (TPSA) is 85.2 Å². The first-order chi connectivity index (χ1) is 15.8. The number of amides is 1. The van der Waals surface area contributed by atoms with E-state index < -0.39 is 0 Å². The monoisotopic (exact) mass is 448 g/mol. The zero-order chi connectivity index (χ0) is 23.4. The number of anilines is 2. The Morgan fingerprint density at radius 1 is 1.09 bits per heavy atom. The van der Waals surface area contributed by atoms with E-state index in [9.17, 15) is 4.79 Å². The number of aromatic nitrogens is 4. The Morgan fingerprint density at radius 3 is 2.48 bits per heavy atom. The maximum absolute atomic E-state index is 12.9. The summed E-state index contributed by atoms with van der Waals surface area (Å²) in [5.74, 6) is 1.88. The van der Waals surface area contributed by atoms with Crippen LogP contribution in [0.2, 0.25) is 0 Å². The third-order valence-electron chi connectivity index (χ3n) is 6.10. The number of carbonyl (C=O) groups is 1. The summed E-state index contributed by atoms with van der Waals surface area (Å²) in [7, 11) is 1.59. The summed E-state index contributed by atoms with van der Waals surface area (Å²) in [4.78, 5) is 23.8. The molecule has 1 aliphatic rings. The van der Waals surface area contributed by atoms with Crippen LogP contribution in [-0.4, -0.2) is 45.9 Å². The molecule has 33 heavy (non-hydrogen) atoms. The lowest BCUT2D eigenvalue weighted by molar-refractivity contribution is -0.120. The molecule has 0 bridgehead atoms. The highest BCUT2D eigenvalue weighted by molar-refractivity contribution is 5.91. The Labute approximate surface area is 195 Å². The van der Waals surface area contributed by atoms with Crippen molar-refractivity contribution in [2.45, 2.75) is 45.6 Å². The summed E-state index contributed by atoms with van der Waals surface area (Å²) in [6, 6.07) is 12.2. The second kappa shape index (κ2) is 9.60. The van der Waals surface area contributed by atoms with Crippen LogP contribution in [0.3, 0.4) is 0 Å². The Kier molecular flexibility index (Phi) is 6.62. The second-order valence-electron chi connectivity index (χ2n) is 9.47. The van der Waals surface area contributed by atoms with Gasteiger partial charge in [-0.15, -0.1) is 0 Å². The fourth-order valence-electron chi connectivity index (χ4n) is 4.02. The predicted octanol–water partition coefficient (Wildman–Crippen LogP) is 3.88. The van der Waals surface area contributed by atoms with Gasteiger partial charge in [0, 0.05) is 37.3 Å². The van der Waals surface area contributed by atoms with E-state index in [1.807, 2.05) is 10.7 Å². The molecule has 0 unspecified atom stereocenters. The molecule has 0 spiro atoms. The van der Waals surface area contributed by atoms with Crippen LogP contribution in [0.5, 0.6) is 5.88 Å². The minimum atomic E-state index is -0.0544. The lowest BCUT2D eigenvalue weighted by Crippen LogP contribution is -2.39. The molecule has 4 rings (SSSR count). The minimum absolute atomic E-state index is 0.0334. The van der Waals surface area contributed by atoms with Crippen LogP contribution in [0, 0.1) is 5.92 Å². The molecule has 8 nitrogen and oxygen atoms in total. The Balaban J connectivity index is 1.34. The van der Waals surface area contributed by atoms with Gasteiger partial charge in [0.15, 0.2) is 0 Å². The summed E-state index contributed by atoms with van der Waals surface area (Å²) >= 11 is 0. The number of piperidine rings is 1. The van der Waals surface area contributed by atoms with Crippen molar-refractivity contribution in [1.82, 2.24) is 19.7 Å². The second-order valence-corrected chi connectivity index (χ2v) is 9.47. The SMILES string of the molecule is COc1ccnc(N2CCC(C(=O)Nc3ccnn3Cc3ccc(C(C)(C)C)cc3)CC2)n1. The highest BCUT2D eigenvalue weighted by atomic mass is 16.5. The molecular formula is C25H32N6O2. The number of methoxy groups -OCH3 is 1. The predicted molar refractivity (Wildman–Crippen MR) is 129 cm³/mol. The van der Waals surface area contributed by atoms with Gasteiger partial charge in [0.1, 0.15) is 5.82 Å². The van der Waals surface area contributed by atoms with E-state index in [0.29, 0.717) is 18.4 Å². The van der Waals surface area contributed by atoms with Crippen molar-refractivity contribution in [3.63, 3.8) is 0 Å². The number of nitrogens with zero attached hydrogens (tertiary/aromatic N) is 5. The van der Waals surface area contributed by atoms with Crippen LogP contribution in [0.1, 0.15) is 44.7 Å². The van der Waals surface area contributed by atoms with E-state index in [0.717, 1.165) is 37.3 Å². The average molecular weight is 449 g/mol. The lowest BCUT2D eigenvalue weighted by Gasteiger charge is -2.31. The highest BCUT2D eigenvalue weighted by Crippen LogP contribution is 2.24.